The fourth-order valence-electron chi connectivity index (χ4n) is 1.68. The molecule has 3 heteroatoms. The van der Waals surface area contributed by atoms with E-state index in [2.05, 4.69) is 11.8 Å². The van der Waals surface area contributed by atoms with Gasteiger partial charge in [-0.3, -0.25) is 4.90 Å². The van der Waals surface area contributed by atoms with Crippen molar-refractivity contribution in [3.63, 3.8) is 0 Å². The van der Waals surface area contributed by atoms with Gasteiger partial charge in [0.15, 0.2) is 0 Å². The number of rotatable bonds is 7. The van der Waals surface area contributed by atoms with E-state index >= 15 is 0 Å². The quantitative estimate of drug-likeness (QED) is 0.636. The largest absolute Gasteiger partial charge is 0.383 e. The summed E-state index contributed by atoms with van der Waals surface area (Å²) in [7, 11) is 1.74. The number of hydrogen-bond donors (Lipinski definition) is 1. The van der Waals surface area contributed by atoms with E-state index in [1.54, 1.807) is 7.11 Å². The summed E-state index contributed by atoms with van der Waals surface area (Å²) in [4.78, 5) is 2.45. The van der Waals surface area contributed by atoms with Gasteiger partial charge in [0.2, 0.25) is 0 Å². The molecule has 1 aliphatic rings. The van der Waals surface area contributed by atoms with E-state index < -0.39 is 0 Å². The van der Waals surface area contributed by atoms with Gasteiger partial charge < -0.3 is 10.5 Å². The van der Waals surface area contributed by atoms with E-state index in [1.165, 1.54) is 19.4 Å². The fourth-order valence-corrected chi connectivity index (χ4v) is 1.68. The topological polar surface area (TPSA) is 38.5 Å². The molecule has 1 fully saturated rings. The molecule has 0 spiro atoms. The first-order valence-corrected chi connectivity index (χ1v) is 5.24. The third kappa shape index (κ3) is 3.63. The Morgan fingerprint density at radius 3 is 2.62 bits per heavy atom. The second kappa shape index (κ2) is 5.58. The van der Waals surface area contributed by atoms with Gasteiger partial charge in [-0.05, 0) is 25.3 Å². The summed E-state index contributed by atoms with van der Waals surface area (Å²) in [5, 5.41) is 0. The molecule has 3 nitrogen and oxygen atoms in total. The van der Waals surface area contributed by atoms with E-state index in [0.29, 0.717) is 12.6 Å². The Morgan fingerprint density at radius 1 is 1.54 bits per heavy atom. The average molecular weight is 186 g/mol. The Labute approximate surface area is 81.2 Å². The first-order chi connectivity index (χ1) is 6.31. The molecule has 0 amide bonds. The second-order valence-electron chi connectivity index (χ2n) is 3.88. The third-order valence-corrected chi connectivity index (χ3v) is 2.74. The van der Waals surface area contributed by atoms with Gasteiger partial charge in [-0.1, -0.05) is 6.92 Å². The predicted octanol–water partition coefficient (Wildman–Crippen LogP) is 0.692. The minimum Gasteiger partial charge on any atom is -0.383 e. The lowest BCUT2D eigenvalue weighted by atomic mass is 10.2. The van der Waals surface area contributed by atoms with Gasteiger partial charge in [0.25, 0.3) is 0 Å². The highest BCUT2D eigenvalue weighted by molar-refractivity contribution is 4.80. The van der Waals surface area contributed by atoms with Crippen LogP contribution in [0.2, 0.25) is 0 Å². The molecule has 0 aromatic carbocycles. The fraction of sp³-hybridized carbons (Fsp3) is 1.00. The molecule has 0 heterocycles. The molecule has 2 N–H and O–H groups in total. The van der Waals surface area contributed by atoms with Crippen LogP contribution in [0.25, 0.3) is 0 Å². The van der Waals surface area contributed by atoms with Crippen LogP contribution < -0.4 is 5.73 Å². The Morgan fingerprint density at radius 2 is 2.23 bits per heavy atom. The standard InChI is InChI=1S/C10H22N2O/c1-3-12(7-9-4-5-9)10(6-11)8-13-2/h9-10H,3-8,11H2,1-2H3. The zero-order valence-electron chi connectivity index (χ0n) is 8.83. The van der Waals surface area contributed by atoms with E-state index in [4.69, 9.17) is 10.5 Å². The van der Waals surface area contributed by atoms with Crippen molar-refractivity contribution >= 4 is 0 Å². The smallest absolute Gasteiger partial charge is 0.0630 e. The number of nitrogens with zero attached hydrogens (tertiary/aromatic N) is 1. The number of methoxy groups -OCH3 is 1. The van der Waals surface area contributed by atoms with Gasteiger partial charge >= 0.3 is 0 Å². The minimum atomic E-state index is 0.413. The highest BCUT2D eigenvalue weighted by Crippen LogP contribution is 2.30. The first kappa shape index (κ1) is 11.0. The van der Waals surface area contributed by atoms with Gasteiger partial charge in [0.1, 0.15) is 0 Å². The van der Waals surface area contributed by atoms with E-state index in [9.17, 15) is 0 Å². The number of hydrogen-bond acceptors (Lipinski definition) is 3. The highest BCUT2D eigenvalue weighted by atomic mass is 16.5. The van der Waals surface area contributed by atoms with Gasteiger partial charge in [0.05, 0.1) is 6.61 Å². The van der Waals surface area contributed by atoms with Crippen LogP contribution in [0.5, 0.6) is 0 Å². The first-order valence-electron chi connectivity index (χ1n) is 5.24. The summed E-state index contributed by atoms with van der Waals surface area (Å²) in [6, 6.07) is 0.413. The molecule has 13 heavy (non-hydrogen) atoms. The zero-order chi connectivity index (χ0) is 9.68. The normalized spacial score (nSPS) is 19.4. The molecule has 1 aliphatic carbocycles. The van der Waals surface area contributed by atoms with Crippen LogP contribution in [0, 0.1) is 5.92 Å². The number of nitrogens with two attached hydrogens (primary N) is 1. The Kier molecular flexibility index (Phi) is 4.70. The van der Waals surface area contributed by atoms with Crippen molar-refractivity contribution in [3.05, 3.63) is 0 Å². The van der Waals surface area contributed by atoms with Crippen LogP contribution in [-0.4, -0.2) is 44.3 Å². The molecule has 0 aliphatic heterocycles. The Balaban J connectivity index is 2.30. The minimum absolute atomic E-state index is 0.413. The molecule has 1 saturated carbocycles. The van der Waals surface area contributed by atoms with Crippen LogP contribution >= 0.6 is 0 Å². The molecule has 1 unspecified atom stereocenters. The van der Waals surface area contributed by atoms with Crippen molar-refractivity contribution < 1.29 is 4.74 Å². The highest BCUT2D eigenvalue weighted by Gasteiger charge is 2.26. The molecular weight excluding hydrogens is 164 g/mol. The van der Waals surface area contributed by atoms with E-state index in [1.807, 2.05) is 0 Å². The summed E-state index contributed by atoms with van der Waals surface area (Å²) < 4.78 is 5.16. The molecule has 1 atom stereocenters. The molecule has 0 aromatic rings. The van der Waals surface area contributed by atoms with Crippen molar-refractivity contribution in [1.82, 2.24) is 4.90 Å². The average Bonchev–Trinajstić information content (AvgIpc) is 2.94. The van der Waals surface area contributed by atoms with Crippen LogP contribution in [0.15, 0.2) is 0 Å². The monoisotopic (exact) mass is 186 g/mol. The summed E-state index contributed by atoms with van der Waals surface area (Å²) >= 11 is 0. The SMILES string of the molecule is CCN(CC1CC1)C(CN)COC. The maximum absolute atomic E-state index is 5.71. The Bertz CT molecular complexity index is 137. The lowest BCUT2D eigenvalue weighted by molar-refractivity contribution is 0.0942. The van der Waals surface area contributed by atoms with Crippen LogP contribution in [0.4, 0.5) is 0 Å². The molecule has 78 valence electrons. The summed E-state index contributed by atoms with van der Waals surface area (Å²) in [6.45, 7) is 5.95. The van der Waals surface area contributed by atoms with Gasteiger partial charge in [-0.25, -0.2) is 0 Å². The molecule has 0 saturated heterocycles. The van der Waals surface area contributed by atoms with E-state index in [-0.39, 0.29) is 0 Å². The molecule has 0 radical (unpaired) electrons. The predicted molar refractivity (Wildman–Crippen MR) is 54.7 cm³/mol. The van der Waals surface area contributed by atoms with Crippen LogP contribution in [0.1, 0.15) is 19.8 Å². The maximum Gasteiger partial charge on any atom is 0.0630 e. The molecule has 1 rings (SSSR count). The van der Waals surface area contributed by atoms with Gasteiger partial charge in [-0.15, -0.1) is 0 Å². The van der Waals surface area contributed by atoms with Crippen molar-refractivity contribution in [2.75, 3.05) is 33.4 Å². The lowest BCUT2D eigenvalue weighted by Gasteiger charge is -2.29. The van der Waals surface area contributed by atoms with Gasteiger partial charge in [-0.2, -0.15) is 0 Å². The van der Waals surface area contributed by atoms with Gasteiger partial charge in [0, 0.05) is 26.2 Å². The third-order valence-electron chi connectivity index (χ3n) is 2.74. The molecular formula is C10H22N2O. The summed E-state index contributed by atoms with van der Waals surface area (Å²) in [6.07, 6.45) is 2.81. The van der Waals surface area contributed by atoms with Crippen molar-refractivity contribution in [1.29, 1.82) is 0 Å². The summed E-state index contributed by atoms with van der Waals surface area (Å²) in [5.74, 6) is 0.936. The number of likely N-dealkylation sites (N-methyl/N-ethyl adjacent to an activating group) is 1. The summed E-state index contributed by atoms with van der Waals surface area (Å²) in [5.41, 5.74) is 5.71. The van der Waals surface area contributed by atoms with Crippen molar-refractivity contribution in [2.24, 2.45) is 11.7 Å². The second-order valence-corrected chi connectivity index (χ2v) is 3.88. The molecule has 0 aromatic heterocycles. The number of ether oxygens (including phenoxy) is 1. The maximum atomic E-state index is 5.71. The lowest BCUT2D eigenvalue weighted by Crippen LogP contribution is -2.44. The van der Waals surface area contributed by atoms with Crippen molar-refractivity contribution in [2.45, 2.75) is 25.8 Å². The molecule has 0 bridgehead atoms. The Hall–Kier alpha value is -0.120. The zero-order valence-corrected chi connectivity index (χ0v) is 8.83. The van der Waals surface area contributed by atoms with Crippen molar-refractivity contribution in [3.8, 4) is 0 Å². The van der Waals surface area contributed by atoms with Crippen LogP contribution in [-0.2, 0) is 4.74 Å². The van der Waals surface area contributed by atoms with E-state index in [0.717, 1.165) is 19.1 Å². The van der Waals surface area contributed by atoms with Crippen LogP contribution in [0.3, 0.4) is 0 Å².